The lowest BCUT2D eigenvalue weighted by atomic mass is 10.2. The first-order valence-corrected chi connectivity index (χ1v) is 8.10. The summed E-state index contributed by atoms with van der Waals surface area (Å²) in [5.74, 6) is 0.714. The molecule has 1 aromatic rings. The topological polar surface area (TPSA) is 93.4 Å². The summed E-state index contributed by atoms with van der Waals surface area (Å²) in [5, 5.41) is 10.3. The molecule has 1 atom stereocenters. The van der Waals surface area contributed by atoms with Gasteiger partial charge in [-0.25, -0.2) is 13.4 Å². The molecule has 8 heteroatoms. The van der Waals surface area contributed by atoms with Crippen LogP contribution in [0.5, 0.6) is 0 Å². The summed E-state index contributed by atoms with van der Waals surface area (Å²) in [4.78, 5) is 16.2. The average Bonchev–Trinajstić information content (AvgIpc) is 2.50. The highest BCUT2D eigenvalue weighted by Gasteiger charge is 2.27. The van der Waals surface area contributed by atoms with Gasteiger partial charge in [0.15, 0.2) is 9.84 Å². The van der Waals surface area contributed by atoms with Gasteiger partial charge in [-0.2, -0.15) is 0 Å². The fourth-order valence-electron chi connectivity index (χ4n) is 2.26. The van der Waals surface area contributed by atoms with Crippen LogP contribution in [0.1, 0.15) is 18.9 Å². The molecule has 0 amide bonds. The molecule has 0 aromatic carbocycles. The highest BCUT2D eigenvalue weighted by Crippen LogP contribution is 2.24. The van der Waals surface area contributed by atoms with Crippen LogP contribution in [0.4, 0.5) is 11.5 Å². The Balaban J connectivity index is 2.26. The Morgan fingerprint density at radius 3 is 2.75 bits per heavy atom. The van der Waals surface area contributed by atoms with Gasteiger partial charge in [0.2, 0.25) is 0 Å². The molecule has 0 N–H and O–H groups in total. The molecule has 20 heavy (non-hydrogen) atoms. The highest BCUT2D eigenvalue weighted by molar-refractivity contribution is 7.92. The van der Waals surface area contributed by atoms with Gasteiger partial charge < -0.3 is 4.90 Å². The average molecular weight is 299 g/mol. The van der Waals surface area contributed by atoms with Crippen LogP contribution in [0, 0.1) is 17.0 Å². The van der Waals surface area contributed by atoms with Crippen LogP contribution in [0.2, 0.25) is 0 Å². The number of aryl methyl sites for hydroxylation is 1. The second-order valence-corrected chi connectivity index (χ2v) is 7.58. The number of nitro groups is 1. The smallest absolute Gasteiger partial charge is 0.287 e. The minimum Gasteiger partial charge on any atom is -0.355 e. The van der Waals surface area contributed by atoms with Gasteiger partial charge in [-0.05, 0) is 25.8 Å². The normalized spacial score (nSPS) is 22.3. The SMILES string of the molecule is Cc1cc([N+](=O)[O-])cnc1N1CC[C@@H](C)S(=O)(=O)CC1. The van der Waals surface area contributed by atoms with Crippen LogP contribution in [-0.4, -0.2) is 42.4 Å². The summed E-state index contributed by atoms with van der Waals surface area (Å²) in [5.41, 5.74) is 0.633. The highest BCUT2D eigenvalue weighted by atomic mass is 32.2. The van der Waals surface area contributed by atoms with E-state index in [1.54, 1.807) is 13.8 Å². The molecule has 0 spiro atoms. The van der Waals surface area contributed by atoms with Crippen LogP contribution >= 0.6 is 0 Å². The Morgan fingerprint density at radius 2 is 2.15 bits per heavy atom. The Kier molecular flexibility index (Phi) is 3.94. The number of hydrogen-bond acceptors (Lipinski definition) is 6. The van der Waals surface area contributed by atoms with Crippen molar-refractivity contribution < 1.29 is 13.3 Å². The van der Waals surface area contributed by atoms with Crippen molar-refractivity contribution in [2.24, 2.45) is 0 Å². The Morgan fingerprint density at radius 1 is 1.45 bits per heavy atom. The molecule has 1 aliphatic heterocycles. The van der Waals surface area contributed by atoms with E-state index in [1.165, 1.54) is 12.3 Å². The predicted octanol–water partition coefficient (Wildman–Crippen LogP) is 1.31. The summed E-state index contributed by atoms with van der Waals surface area (Å²) >= 11 is 0. The van der Waals surface area contributed by atoms with Gasteiger partial charge in [-0.15, -0.1) is 0 Å². The monoisotopic (exact) mass is 299 g/mol. The van der Waals surface area contributed by atoms with Crippen LogP contribution in [0.25, 0.3) is 0 Å². The van der Waals surface area contributed by atoms with Crippen molar-refractivity contribution in [3.05, 3.63) is 27.9 Å². The van der Waals surface area contributed by atoms with Crippen molar-refractivity contribution in [1.29, 1.82) is 0 Å². The van der Waals surface area contributed by atoms with Gasteiger partial charge in [-0.3, -0.25) is 10.1 Å². The number of anilines is 1. The summed E-state index contributed by atoms with van der Waals surface area (Å²) in [6, 6.07) is 1.46. The zero-order valence-corrected chi connectivity index (χ0v) is 12.3. The fraction of sp³-hybridized carbons (Fsp3) is 0.583. The van der Waals surface area contributed by atoms with E-state index >= 15 is 0 Å². The van der Waals surface area contributed by atoms with E-state index in [0.717, 1.165) is 0 Å². The third-order valence-corrected chi connectivity index (χ3v) is 5.82. The Bertz CT molecular complexity index is 630. The number of rotatable bonds is 2. The van der Waals surface area contributed by atoms with E-state index in [9.17, 15) is 18.5 Å². The first kappa shape index (κ1) is 14.7. The van der Waals surface area contributed by atoms with Crippen molar-refractivity contribution in [3.8, 4) is 0 Å². The van der Waals surface area contributed by atoms with Crippen molar-refractivity contribution in [2.45, 2.75) is 25.5 Å². The first-order chi connectivity index (χ1) is 9.31. The molecule has 1 fully saturated rings. The molecule has 0 radical (unpaired) electrons. The van der Waals surface area contributed by atoms with Crippen molar-refractivity contribution in [1.82, 2.24) is 4.98 Å². The molecule has 0 unspecified atom stereocenters. The lowest BCUT2D eigenvalue weighted by molar-refractivity contribution is -0.385. The third-order valence-electron chi connectivity index (χ3n) is 3.61. The molecule has 0 bridgehead atoms. The maximum Gasteiger partial charge on any atom is 0.287 e. The molecule has 0 aliphatic carbocycles. The van der Waals surface area contributed by atoms with Crippen LogP contribution in [0.3, 0.4) is 0 Å². The first-order valence-electron chi connectivity index (χ1n) is 6.39. The summed E-state index contributed by atoms with van der Waals surface area (Å²) in [7, 11) is -3.05. The Hall–Kier alpha value is -1.70. The maximum absolute atomic E-state index is 11.9. The molecule has 1 saturated heterocycles. The maximum atomic E-state index is 11.9. The van der Waals surface area contributed by atoms with Crippen molar-refractivity contribution in [2.75, 3.05) is 23.7 Å². The fourth-order valence-corrected chi connectivity index (χ4v) is 3.60. The predicted molar refractivity (Wildman–Crippen MR) is 75.7 cm³/mol. The van der Waals surface area contributed by atoms with Crippen molar-refractivity contribution >= 4 is 21.3 Å². The molecule has 0 saturated carbocycles. The second kappa shape index (κ2) is 5.35. The van der Waals surface area contributed by atoms with Crippen molar-refractivity contribution in [3.63, 3.8) is 0 Å². The van der Waals surface area contributed by atoms with Gasteiger partial charge in [0, 0.05) is 19.2 Å². The number of hydrogen-bond donors (Lipinski definition) is 0. The van der Waals surface area contributed by atoms with E-state index in [0.29, 0.717) is 30.9 Å². The van der Waals surface area contributed by atoms with Gasteiger partial charge >= 0.3 is 0 Å². The summed E-state index contributed by atoms with van der Waals surface area (Å²) in [6.45, 7) is 4.43. The molecule has 110 valence electrons. The lowest BCUT2D eigenvalue weighted by Gasteiger charge is -2.22. The number of nitrogens with zero attached hydrogens (tertiary/aromatic N) is 3. The largest absolute Gasteiger partial charge is 0.355 e. The van der Waals surface area contributed by atoms with E-state index < -0.39 is 14.8 Å². The number of pyridine rings is 1. The van der Waals surface area contributed by atoms with Gasteiger partial charge in [-0.1, -0.05) is 0 Å². The molecule has 1 aromatic heterocycles. The zero-order chi connectivity index (χ0) is 14.9. The Labute approximate surface area is 117 Å². The van der Waals surface area contributed by atoms with E-state index in [4.69, 9.17) is 0 Å². The number of aromatic nitrogens is 1. The van der Waals surface area contributed by atoms with E-state index in [-0.39, 0.29) is 16.7 Å². The van der Waals surface area contributed by atoms with Gasteiger partial charge in [0.1, 0.15) is 12.0 Å². The third kappa shape index (κ3) is 2.90. The summed E-state index contributed by atoms with van der Waals surface area (Å²) < 4.78 is 23.7. The standard InChI is InChI=1S/C12H17N3O4S/c1-9-7-11(15(16)17)8-13-12(9)14-4-3-10(2)20(18,19)6-5-14/h7-8,10H,3-6H2,1-2H3/t10-/m1/s1. The molecular formula is C12H17N3O4S. The van der Waals surface area contributed by atoms with E-state index in [2.05, 4.69) is 4.98 Å². The number of sulfone groups is 1. The zero-order valence-electron chi connectivity index (χ0n) is 11.4. The molecule has 1 aliphatic rings. The van der Waals surface area contributed by atoms with Crippen LogP contribution < -0.4 is 4.90 Å². The molecule has 7 nitrogen and oxygen atoms in total. The molecule has 2 heterocycles. The lowest BCUT2D eigenvalue weighted by Crippen LogP contribution is -2.28. The minimum absolute atomic E-state index is 0.0536. The summed E-state index contributed by atoms with van der Waals surface area (Å²) in [6.07, 6.45) is 1.76. The molecular weight excluding hydrogens is 282 g/mol. The minimum atomic E-state index is -3.05. The van der Waals surface area contributed by atoms with Crippen LogP contribution in [-0.2, 0) is 9.84 Å². The van der Waals surface area contributed by atoms with Gasteiger partial charge in [0.05, 0.1) is 15.9 Å². The second-order valence-electron chi connectivity index (χ2n) is 5.04. The molecule has 2 rings (SSSR count). The van der Waals surface area contributed by atoms with Crippen LogP contribution in [0.15, 0.2) is 12.3 Å². The van der Waals surface area contributed by atoms with E-state index in [1.807, 2.05) is 4.90 Å². The van der Waals surface area contributed by atoms with Gasteiger partial charge in [0.25, 0.3) is 5.69 Å². The quantitative estimate of drug-likeness (QED) is 0.604.